The quantitative estimate of drug-likeness (QED) is 0.578. The zero-order valence-electron chi connectivity index (χ0n) is 14.1. The Morgan fingerprint density at radius 1 is 1.42 bits per heavy atom. The van der Waals surface area contributed by atoms with E-state index in [1.54, 1.807) is 10.9 Å². The maximum absolute atomic E-state index is 13.0. The SMILES string of the molecule is NC(=O)[C@@H]1CCCN1C(=O)[C@H](Cc1cscn1)NC(=O)[C@@H]1CCC(=O)N1. The average Bonchev–Trinajstić information content (AvgIpc) is 3.34. The van der Waals surface area contributed by atoms with Crippen LogP contribution in [0.2, 0.25) is 0 Å². The smallest absolute Gasteiger partial charge is 0.246 e. The number of hydrogen-bond acceptors (Lipinski definition) is 6. The summed E-state index contributed by atoms with van der Waals surface area (Å²) in [7, 11) is 0. The third-order valence-corrected chi connectivity index (χ3v) is 5.32. The largest absolute Gasteiger partial charge is 0.368 e. The number of primary amides is 1. The van der Waals surface area contributed by atoms with Gasteiger partial charge in [-0.3, -0.25) is 19.2 Å². The van der Waals surface area contributed by atoms with Gasteiger partial charge < -0.3 is 21.3 Å². The zero-order chi connectivity index (χ0) is 18.7. The lowest BCUT2D eigenvalue weighted by Crippen LogP contribution is -2.56. The van der Waals surface area contributed by atoms with E-state index in [9.17, 15) is 19.2 Å². The van der Waals surface area contributed by atoms with Crippen LogP contribution >= 0.6 is 11.3 Å². The van der Waals surface area contributed by atoms with Gasteiger partial charge in [0.1, 0.15) is 18.1 Å². The molecule has 140 valence electrons. The van der Waals surface area contributed by atoms with Crippen molar-refractivity contribution in [3.05, 3.63) is 16.6 Å². The van der Waals surface area contributed by atoms with Crippen LogP contribution in [0, 0.1) is 0 Å². The van der Waals surface area contributed by atoms with Crippen molar-refractivity contribution in [2.45, 2.75) is 50.2 Å². The first-order chi connectivity index (χ1) is 12.5. The van der Waals surface area contributed by atoms with Crippen molar-refractivity contribution in [2.24, 2.45) is 5.73 Å². The fourth-order valence-corrected chi connectivity index (χ4v) is 3.93. The molecule has 0 bridgehead atoms. The number of carbonyl (C=O) groups is 4. The first kappa shape index (κ1) is 18.3. The maximum Gasteiger partial charge on any atom is 0.246 e. The fraction of sp³-hybridized carbons (Fsp3) is 0.562. The number of carbonyl (C=O) groups excluding carboxylic acids is 4. The van der Waals surface area contributed by atoms with E-state index < -0.39 is 29.9 Å². The lowest BCUT2D eigenvalue weighted by molar-refractivity contribution is -0.140. The Bertz CT molecular complexity index is 708. The van der Waals surface area contributed by atoms with E-state index in [1.807, 2.05) is 0 Å². The number of rotatable bonds is 6. The van der Waals surface area contributed by atoms with Crippen LogP contribution in [0.3, 0.4) is 0 Å². The van der Waals surface area contributed by atoms with Gasteiger partial charge in [-0.05, 0) is 19.3 Å². The molecule has 0 spiro atoms. The van der Waals surface area contributed by atoms with Crippen molar-refractivity contribution < 1.29 is 19.2 Å². The summed E-state index contributed by atoms with van der Waals surface area (Å²) in [5.74, 6) is -1.48. The molecule has 10 heteroatoms. The van der Waals surface area contributed by atoms with Crippen molar-refractivity contribution in [3.63, 3.8) is 0 Å². The van der Waals surface area contributed by atoms with Gasteiger partial charge in [0.15, 0.2) is 0 Å². The summed E-state index contributed by atoms with van der Waals surface area (Å²) in [6.07, 6.45) is 2.12. The summed E-state index contributed by atoms with van der Waals surface area (Å²) < 4.78 is 0. The Balaban J connectivity index is 1.74. The molecule has 26 heavy (non-hydrogen) atoms. The summed E-state index contributed by atoms with van der Waals surface area (Å²) in [5, 5.41) is 7.12. The van der Waals surface area contributed by atoms with Crippen LogP contribution in [-0.2, 0) is 25.6 Å². The fourth-order valence-electron chi connectivity index (χ4n) is 3.36. The minimum absolute atomic E-state index is 0.180. The minimum atomic E-state index is -0.859. The van der Waals surface area contributed by atoms with E-state index in [4.69, 9.17) is 5.73 Å². The van der Waals surface area contributed by atoms with Crippen LogP contribution in [0.5, 0.6) is 0 Å². The second-order valence-electron chi connectivity index (χ2n) is 6.50. The average molecular weight is 379 g/mol. The van der Waals surface area contributed by atoms with Gasteiger partial charge in [0.05, 0.1) is 11.2 Å². The van der Waals surface area contributed by atoms with E-state index in [0.29, 0.717) is 37.9 Å². The molecule has 4 amide bonds. The van der Waals surface area contributed by atoms with Gasteiger partial charge in [0, 0.05) is 24.8 Å². The first-order valence-electron chi connectivity index (χ1n) is 8.52. The van der Waals surface area contributed by atoms with Crippen LogP contribution in [0.4, 0.5) is 0 Å². The summed E-state index contributed by atoms with van der Waals surface area (Å²) in [4.78, 5) is 54.0. The highest BCUT2D eigenvalue weighted by atomic mass is 32.1. The van der Waals surface area contributed by atoms with Crippen molar-refractivity contribution in [1.29, 1.82) is 0 Å². The third-order valence-electron chi connectivity index (χ3n) is 4.69. The molecule has 3 atom stereocenters. The van der Waals surface area contributed by atoms with E-state index in [1.165, 1.54) is 16.2 Å². The Morgan fingerprint density at radius 3 is 2.85 bits per heavy atom. The van der Waals surface area contributed by atoms with Gasteiger partial charge in [-0.1, -0.05) is 0 Å². The van der Waals surface area contributed by atoms with Gasteiger partial charge in [-0.15, -0.1) is 11.3 Å². The molecule has 9 nitrogen and oxygen atoms in total. The molecular weight excluding hydrogens is 358 g/mol. The van der Waals surface area contributed by atoms with Gasteiger partial charge in [-0.2, -0.15) is 0 Å². The minimum Gasteiger partial charge on any atom is -0.368 e. The number of aromatic nitrogens is 1. The molecule has 1 aromatic heterocycles. The molecule has 2 fully saturated rings. The van der Waals surface area contributed by atoms with Gasteiger partial charge in [-0.25, -0.2) is 4.98 Å². The van der Waals surface area contributed by atoms with E-state index >= 15 is 0 Å². The number of hydrogen-bond donors (Lipinski definition) is 3. The zero-order valence-corrected chi connectivity index (χ0v) is 15.0. The van der Waals surface area contributed by atoms with E-state index in [0.717, 1.165) is 0 Å². The molecule has 0 radical (unpaired) electrons. The van der Waals surface area contributed by atoms with Crippen molar-refractivity contribution in [3.8, 4) is 0 Å². The Morgan fingerprint density at radius 2 is 2.23 bits per heavy atom. The highest BCUT2D eigenvalue weighted by Gasteiger charge is 2.38. The number of thiazole rings is 1. The van der Waals surface area contributed by atoms with Gasteiger partial charge >= 0.3 is 0 Å². The number of amides is 4. The Kier molecular flexibility index (Phi) is 5.50. The molecule has 2 aliphatic rings. The topological polar surface area (TPSA) is 134 Å². The lowest BCUT2D eigenvalue weighted by Gasteiger charge is -2.28. The predicted octanol–water partition coefficient (Wildman–Crippen LogP) is -1.07. The molecule has 2 saturated heterocycles. The monoisotopic (exact) mass is 379 g/mol. The molecule has 0 aromatic carbocycles. The van der Waals surface area contributed by atoms with Crippen LogP contribution < -0.4 is 16.4 Å². The number of nitrogens with two attached hydrogens (primary N) is 1. The van der Waals surface area contributed by atoms with Gasteiger partial charge in [0.2, 0.25) is 23.6 Å². The molecule has 0 saturated carbocycles. The third kappa shape index (κ3) is 4.01. The summed E-state index contributed by atoms with van der Waals surface area (Å²) >= 11 is 1.40. The predicted molar refractivity (Wildman–Crippen MR) is 92.8 cm³/mol. The molecule has 1 aromatic rings. The number of likely N-dealkylation sites (tertiary alicyclic amines) is 1. The van der Waals surface area contributed by atoms with Crippen LogP contribution in [0.1, 0.15) is 31.4 Å². The second kappa shape index (κ2) is 7.81. The second-order valence-corrected chi connectivity index (χ2v) is 7.21. The summed E-state index contributed by atoms with van der Waals surface area (Å²) in [6.45, 7) is 0.427. The summed E-state index contributed by atoms with van der Waals surface area (Å²) in [6, 6.07) is -2.15. The standard InChI is InChI=1S/C16H21N5O4S/c17-14(23)12-2-1-5-21(12)16(25)11(6-9-7-26-8-18-9)20-15(24)10-3-4-13(22)19-10/h7-8,10-12H,1-6H2,(H2,17,23)(H,19,22)(H,20,24)/t10-,11-,12-/m0/s1. The van der Waals surface area contributed by atoms with Gasteiger partial charge in [0.25, 0.3) is 0 Å². The first-order valence-corrected chi connectivity index (χ1v) is 9.46. The highest BCUT2D eigenvalue weighted by Crippen LogP contribution is 2.19. The molecule has 2 aliphatic heterocycles. The molecule has 4 N–H and O–H groups in total. The highest BCUT2D eigenvalue weighted by molar-refractivity contribution is 7.07. The molecule has 3 heterocycles. The lowest BCUT2D eigenvalue weighted by atomic mass is 10.1. The van der Waals surface area contributed by atoms with Crippen LogP contribution in [0.15, 0.2) is 10.9 Å². The number of nitrogens with zero attached hydrogens (tertiary/aromatic N) is 2. The van der Waals surface area contributed by atoms with E-state index in [2.05, 4.69) is 15.6 Å². The van der Waals surface area contributed by atoms with Crippen LogP contribution in [-0.4, -0.2) is 58.2 Å². The summed E-state index contributed by atoms with van der Waals surface area (Å²) in [5.41, 5.74) is 7.73. The molecular formula is C16H21N5O4S. The molecule has 0 aliphatic carbocycles. The van der Waals surface area contributed by atoms with Crippen molar-refractivity contribution in [2.75, 3.05) is 6.54 Å². The molecule has 0 unspecified atom stereocenters. The van der Waals surface area contributed by atoms with E-state index in [-0.39, 0.29) is 18.2 Å². The molecule has 3 rings (SSSR count). The van der Waals surface area contributed by atoms with Crippen molar-refractivity contribution in [1.82, 2.24) is 20.5 Å². The van der Waals surface area contributed by atoms with Crippen molar-refractivity contribution >= 4 is 35.0 Å². The Labute approximate surface area is 154 Å². The maximum atomic E-state index is 13.0. The Hall–Kier alpha value is -2.49. The van der Waals surface area contributed by atoms with Crippen LogP contribution in [0.25, 0.3) is 0 Å². The number of nitrogens with one attached hydrogen (secondary N) is 2. The normalized spacial score (nSPS) is 23.5.